The molecule has 0 saturated carbocycles. The van der Waals surface area contributed by atoms with Crippen LogP contribution in [0.5, 0.6) is 0 Å². The summed E-state index contributed by atoms with van der Waals surface area (Å²) in [5.74, 6) is -0.458. The number of hydrogen-bond donors (Lipinski definition) is 1. The molecule has 0 heterocycles. The molecule has 1 N–H and O–H groups in total. The van der Waals surface area contributed by atoms with E-state index in [1.165, 1.54) is 10.6 Å². The van der Waals surface area contributed by atoms with Gasteiger partial charge in [0, 0.05) is 37.0 Å². The summed E-state index contributed by atoms with van der Waals surface area (Å²) in [6.45, 7) is 8.11. The maximum atomic E-state index is 13.9. The molecule has 0 aliphatic carbocycles. The van der Waals surface area contributed by atoms with E-state index in [4.69, 9.17) is 11.6 Å². The zero-order valence-corrected chi connectivity index (χ0v) is 26.7. The smallest absolute Gasteiger partial charge is 0.243 e. The molecule has 42 heavy (non-hydrogen) atoms. The van der Waals surface area contributed by atoms with Gasteiger partial charge < -0.3 is 10.2 Å². The van der Waals surface area contributed by atoms with E-state index < -0.39 is 16.1 Å². The Morgan fingerprint density at radius 1 is 0.929 bits per heavy atom. The van der Waals surface area contributed by atoms with E-state index in [0.29, 0.717) is 17.1 Å². The van der Waals surface area contributed by atoms with Gasteiger partial charge in [0.2, 0.25) is 21.8 Å². The zero-order valence-electron chi connectivity index (χ0n) is 25.1. The maximum Gasteiger partial charge on any atom is 0.243 e. The summed E-state index contributed by atoms with van der Waals surface area (Å²) in [4.78, 5) is 29.2. The fourth-order valence-electron chi connectivity index (χ4n) is 4.93. The fraction of sp³-hybridized carbons (Fsp3) is 0.394. The predicted molar refractivity (Wildman–Crippen MR) is 171 cm³/mol. The van der Waals surface area contributed by atoms with Gasteiger partial charge in [-0.25, -0.2) is 8.42 Å². The first-order chi connectivity index (χ1) is 19.9. The van der Waals surface area contributed by atoms with Crippen molar-refractivity contribution in [1.29, 1.82) is 0 Å². The monoisotopic (exact) mass is 611 g/mol. The second-order valence-corrected chi connectivity index (χ2v) is 13.3. The largest absolute Gasteiger partial charge is 0.352 e. The Hall–Kier alpha value is -3.36. The molecule has 0 unspecified atom stereocenters. The second kappa shape index (κ2) is 15.2. The van der Waals surface area contributed by atoms with E-state index in [-0.39, 0.29) is 43.8 Å². The minimum absolute atomic E-state index is 0.0556. The molecule has 0 saturated heterocycles. The van der Waals surface area contributed by atoms with E-state index in [1.54, 1.807) is 17.0 Å². The van der Waals surface area contributed by atoms with Gasteiger partial charge in [-0.05, 0) is 80.1 Å². The Bertz CT molecular complexity index is 1440. The van der Waals surface area contributed by atoms with E-state index in [9.17, 15) is 18.0 Å². The number of carbonyl (C=O) groups is 2. The summed E-state index contributed by atoms with van der Waals surface area (Å²) in [6, 6.07) is 21.7. The quantitative estimate of drug-likeness (QED) is 0.240. The van der Waals surface area contributed by atoms with Gasteiger partial charge in [0.25, 0.3) is 0 Å². The van der Waals surface area contributed by atoms with Crippen LogP contribution < -0.4 is 9.62 Å². The van der Waals surface area contributed by atoms with Crippen molar-refractivity contribution in [3.8, 4) is 0 Å². The summed E-state index contributed by atoms with van der Waals surface area (Å²) in [5, 5.41) is 3.60. The Morgan fingerprint density at radius 2 is 1.57 bits per heavy atom. The summed E-state index contributed by atoms with van der Waals surface area (Å²) < 4.78 is 26.8. The third-order valence-corrected chi connectivity index (χ3v) is 8.59. The average molecular weight is 612 g/mol. The number of sulfonamides is 1. The van der Waals surface area contributed by atoms with Crippen molar-refractivity contribution in [3.63, 3.8) is 0 Å². The molecule has 0 radical (unpaired) electrons. The standard InChI is InChI=1S/C33H42ClN3O4S/c1-6-26(4)35-33(39)31(22-27-12-8-7-9-13-27)36(23-28-14-10-15-29(34)21-28)32(38)16-11-17-37(42(5,40)41)30-19-24(2)18-25(3)20-30/h7-10,12-15,18-21,26,31H,6,11,16-17,22-23H2,1-5H3,(H,35,39)/t26-,31+/m0/s1. The van der Waals surface area contributed by atoms with Crippen molar-refractivity contribution in [3.05, 3.63) is 100 Å². The molecule has 0 fully saturated rings. The van der Waals surface area contributed by atoms with E-state index in [0.717, 1.165) is 28.7 Å². The Labute approximate surface area is 255 Å². The fourth-order valence-corrected chi connectivity index (χ4v) is 6.09. The van der Waals surface area contributed by atoms with Crippen molar-refractivity contribution in [2.75, 3.05) is 17.1 Å². The number of carbonyl (C=O) groups excluding carboxylic acids is 2. The van der Waals surface area contributed by atoms with Gasteiger partial charge >= 0.3 is 0 Å². The SMILES string of the molecule is CC[C@H](C)NC(=O)[C@@H](Cc1ccccc1)N(Cc1cccc(Cl)c1)C(=O)CCCN(c1cc(C)cc(C)c1)S(C)(=O)=O. The van der Waals surface area contributed by atoms with Crippen molar-refractivity contribution in [2.24, 2.45) is 0 Å². The summed E-state index contributed by atoms with van der Waals surface area (Å²) in [5.41, 5.74) is 4.23. The highest BCUT2D eigenvalue weighted by molar-refractivity contribution is 7.92. The molecule has 9 heteroatoms. The third kappa shape index (κ3) is 9.88. The van der Waals surface area contributed by atoms with E-state index in [1.807, 2.05) is 88.4 Å². The van der Waals surface area contributed by atoms with Crippen molar-refractivity contribution < 1.29 is 18.0 Å². The minimum Gasteiger partial charge on any atom is -0.352 e. The average Bonchev–Trinajstić information content (AvgIpc) is 2.92. The van der Waals surface area contributed by atoms with Crippen LogP contribution in [0.3, 0.4) is 0 Å². The van der Waals surface area contributed by atoms with Gasteiger partial charge in [-0.1, -0.05) is 67.1 Å². The molecule has 3 aromatic rings. The van der Waals surface area contributed by atoms with Crippen LogP contribution in [0.1, 0.15) is 55.4 Å². The lowest BCUT2D eigenvalue weighted by atomic mass is 10.0. The third-order valence-electron chi connectivity index (χ3n) is 7.16. The molecule has 3 rings (SSSR count). The first kappa shape index (κ1) is 33.1. The first-order valence-corrected chi connectivity index (χ1v) is 16.5. The summed E-state index contributed by atoms with van der Waals surface area (Å²) >= 11 is 6.26. The normalized spacial score (nSPS) is 12.8. The number of amides is 2. The molecule has 0 bridgehead atoms. The van der Waals surface area contributed by atoms with Gasteiger partial charge in [0.1, 0.15) is 6.04 Å². The molecular formula is C33H42ClN3O4S. The number of nitrogens with zero attached hydrogens (tertiary/aromatic N) is 2. The lowest BCUT2D eigenvalue weighted by molar-refractivity contribution is -0.141. The number of anilines is 1. The molecule has 0 aromatic heterocycles. The number of benzene rings is 3. The van der Waals surface area contributed by atoms with Crippen molar-refractivity contribution in [2.45, 2.75) is 72.0 Å². The van der Waals surface area contributed by atoms with Crippen LogP contribution in [0, 0.1) is 13.8 Å². The lowest BCUT2D eigenvalue weighted by Gasteiger charge is -2.33. The van der Waals surface area contributed by atoms with Crippen LogP contribution in [0.4, 0.5) is 5.69 Å². The van der Waals surface area contributed by atoms with Gasteiger partial charge in [0.15, 0.2) is 0 Å². The van der Waals surface area contributed by atoms with E-state index in [2.05, 4.69) is 5.32 Å². The van der Waals surface area contributed by atoms with Crippen molar-refractivity contribution in [1.82, 2.24) is 10.2 Å². The summed E-state index contributed by atoms with van der Waals surface area (Å²) in [7, 11) is -3.58. The van der Waals surface area contributed by atoms with Gasteiger partial charge in [-0.3, -0.25) is 13.9 Å². The van der Waals surface area contributed by atoms with Gasteiger partial charge in [0.05, 0.1) is 11.9 Å². The molecular weight excluding hydrogens is 570 g/mol. The Balaban J connectivity index is 1.90. The molecule has 226 valence electrons. The molecule has 0 aliphatic rings. The van der Waals surface area contributed by atoms with Gasteiger partial charge in [-0.2, -0.15) is 0 Å². The van der Waals surface area contributed by atoms with Crippen LogP contribution in [0.2, 0.25) is 5.02 Å². The molecule has 0 spiro atoms. The number of halogens is 1. The molecule has 2 amide bonds. The highest BCUT2D eigenvalue weighted by Gasteiger charge is 2.31. The van der Waals surface area contributed by atoms with E-state index >= 15 is 0 Å². The second-order valence-electron chi connectivity index (χ2n) is 11.0. The molecule has 2 atom stereocenters. The minimum atomic E-state index is -3.58. The summed E-state index contributed by atoms with van der Waals surface area (Å²) in [6.07, 6.45) is 2.63. The number of hydrogen-bond acceptors (Lipinski definition) is 4. The van der Waals surface area contributed by atoms with Crippen LogP contribution in [-0.4, -0.2) is 50.0 Å². The highest BCUT2D eigenvalue weighted by Crippen LogP contribution is 2.23. The Kier molecular flexibility index (Phi) is 12.0. The zero-order chi connectivity index (χ0) is 30.9. The van der Waals surface area contributed by atoms with Crippen LogP contribution in [-0.2, 0) is 32.6 Å². The van der Waals surface area contributed by atoms with Crippen LogP contribution >= 0.6 is 11.6 Å². The van der Waals surface area contributed by atoms with Crippen LogP contribution in [0.25, 0.3) is 0 Å². The number of aryl methyl sites for hydroxylation is 2. The number of rotatable bonds is 14. The van der Waals surface area contributed by atoms with Crippen molar-refractivity contribution >= 4 is 39.1 Å². The molecule has 0 aliphatic heterocycles. The highest BCUT2D eigenvalue weighted by atomic mass is 35.5. The molecule has 3 aromatic carbocycles. The Morgan fingerprint density at radius 3 is 2.17 bits per heavy atom. The topological polar surface area (TPSA) is 86.8 Å². The molecule has 7 nitrogen and oxygen atoms in total. The number of nitrogens with one attached hydrogen (secondary N) is 1. The predicted octanol–water partition coefficient (Wildman–Crippen LogP) is 6.06. The van der Waals surface area contributed by atoms with Crippen LogP contribution in [0.15, 0.2) is 72.8 Å². The van der Waals surface area contributed by atoms with Gasteiger partial charge in [-0.15, -0.1) is 0 Å². The lowest BCUT2D eigenvalue weighted by Crippen LogP contribution is -2.52. The maximum absolute atomic E-state index is 13.9. The first-order valence-electron chi connectivity index (χ1n) is 14.3.